The van der Waals surface area contributed by atoms with Gasteiger partial charge in [0.15, 0.2) is 0 Å². The fourth-order valence-corrected chi connectivity index (χ4v) is 1.80. The number of aliphatic hydroxyl groups is 1. The molecule has 0 fully saturated rings. The van der Waals surface area contributed by atoms with E-state index in [-0.39, 0.29) is 6.61 Å². The molecule has 1 aliphatic rings. The predicted molar refractivity (Wildman–Crippen MR) is 61.1 cm³/mol. The van der Waals surface area contributed by atoms with Crippen LogP contribution < -0.4 is 0 Å². The van der Waals surface area contributed by atoms with E-state index in [2.05, 4.69) is 19.6 Å². The van der Waals surface area contributed by atoms with Gasteiger partial charge in [0.05, 0.1) is 0 Å². The van der Waals surface area contributed by atoms with Crippen LogP contribution in [0.25, 0.3) is 0 Å². The highest BCUT2D eigenvalue weighted by Crippen LogP contribution is 2.36. The number of hydrogen-bond donors (Lipinski definition) is 1. The number of hydrogen-bond acceptors (Lipinski definition) is 1. The van der Waals surface area contributed by atoms with Gasteiger partial charge in [0.25, 0.3) is 0 Å². The van der Waals surface area contributed by atoms with Crippen LogP contribution in [0.2, 0.25) is 0 Å². The second-order valence-electron chi connectivity index (χ2n) is 3.61. The summed E-state index contributed by atoms with van der Waals surface area (Å²) in [7, 11) is 0. The molecular formula is C13H18O. The smallest absolute Gasteiger partial charge is 0.0471 e. The predicted octanol–water partition coefficient (Wildman–Crippen LogP) is 3.15. The Morgan fingerprint density at radius 3 is 2.79 bits per heavy atom. The molecule has 0 aromatic rings. The highest BCUT2D eigenvalue weighted by atomic mass is 16.2. The van der Waals surface area contributed by atoms with Crippen molar-refractivity contribution in [2.24, 2.45) is 0 Å². The topological polar surface area (TPSA) is 20.2 Å². The van der Waals surface area contributed by atoms with Gasteiger partial charge in [-0.3, -0.25) is 0 Å². The molecule has 1 aliphatic carbocycles. The second kappa shape index (κ2) is 4.97. The molecule has 1 rings (SSSR count). The molecule has 0 aromatic carbocycles. The average Bonchev–Trinajstić information content (AvgIpc) is 2.43. The molecule has 0 aliphatic heterocycles. The zero-order chi connectivity index (χ0) is 10.6. The molecule has 76 valence electrons. The Labute approximate surface area is 86.1 Å². The summed E-state index contributed by atoms with van der Waals surface area (Å²) < 4.78 is 0. The Bertz CT molecular complexity index is 316. The molecule has 0 bridgehead atoms. The van der Waals surface area contributed by atoms with Crippen molar-refractivity contribution in [2.45, 2.75) is 26.7 Å². The summed E-state index contributed by atoms with van der Waals surface area (Å²) in [5, 5.41) is 8.92. The van der Waals surface area contributed by atoms with E-state index in [1.807, 2.05) is 19.1 Å². The van der Waals surface area contributed by atoms with Crippen LogP contribution in [0.4, 0.5) is 0 Å². The molecular weight excluding hydrogens is 172 g/mol. The van der Waals surface area contributed by atoms with Crippen LogP contribution in [0.15, 0.2) is 47.1 Å². The normalized spacial score (nSPS) is 20.5. The fourth-order valence-electron chi connectivity index (χ4n) is 1.80. The van der Waals surface area contributed by atoms with Crippen molar-refractivity contribution in [2.75, 3.05) is 6.61 Å². The van der Waals surface area contributed by atoms with Crippen molar-refractivity contribution >= 4 is 0 Å². The molecule has 1 heteroatoms. The molecule has 0 heterocycles. The first-order valence-corrected chi connectivity index (χ1v) is 5.01. The zero-order valence-corrected chi connectivity index (χ0v) is 9.01. The van der Waals surface area contributed by atoms with Gasteiger partial charge in [0.2, 0.25) is 0 Å². The summed E-state index contributed by atoms with van der Waals surface area (Å²) >= 11 is 0. The molecule has 0 spiro atoms. The third-order valence-electron chi connectivity index (χ3n) is 2.57. The minimum absolute atomic E-state index is 0.211. The molecule has 0 saturated heterocycles. The molecule has 0 unspecified atom stereocenters. The van der Waals surface area contributed by atoms with Crippen molar-refractivity contribution in [1.82, 2.24) is 0 Å². The van der Waals surface area contributed by atoms with E-state index in [9.17, 15) is 0 Å². The minimum Gasteiger partial charge on any atom is -0.396 e. The van der Waals surface area contributed by atoms with Crippen LogP contribution in [0.5, 0.6) is 0 Å². The molecule has 0 aromatic heterocycles. The van der Waals surface area contributed by atoms with Gasteiger partial charge in [0, 0.05) is 6.61 Å². The van der Waals surface area contributed by atoms with Gasteiger partial charge in [0.1, 0.15) is 0 Å². The van der Waals surface area contributed by atoms with Crippen LogP contribution in [0.1, 0.15) is 26.7 Å². The zero-order valence-electron chi connectivity index (χ0n) is 9.01. The molecule has 0 radical (unpaired) electrons. The van der Waals surface area contributed by atoms with Gasteiger partial charge in [-0.25, -0.2) is 0 Å². The molecule has 0 saturated carbocycles. The van der Waals surface area contributed by atoms with Crippen LogP contribution in [0.3, 0.4) is 0 Å². The van der Waals surface area contributed by atoms with E-state index in [1.165, 1.54) is 16.7 Å². The Hall–Kier alpha value is -1.08. The Kier molecular flexibility index (Phi) is 3.90. The second-order valence-corrected chi connectivity index (χ2v) is 3.61. The first kappa shape index (κ1) is 11.0. The van der Waals surface area contributed by atoms with Crippen molar-refractivity contribution in [3.63, 3.8) is 0 Å². The summed E-state index contributed by atoms with van der Waals surface area (Å²) in [6.45, 7) is 8.40. The summed E-state index contributed by atoms with van der Waals surface area (Å²) in [6, 6.07) is 0. The number of allylic oxidation sites excluding steroid dienone is 6. The van der Waals surface area contributed by atoms with E-state index in [0.717, 1.165) is 18.4 Å². The van der Waals surface area contributed by atoms with Gasteiger partial charge in [-0.15, -0.1) is 0 Å². The lowest BCUT2D eigenvalue weighted by atomic mass is 10.0. The Morgan fingerprint density at radius 1 is 1.50 bits per heavy atom. The van der Waals surface area contributed by atoms with Crippen molar-refractivity contribution in [1.29, 1.82) is 0 Å². The van der Waals surface area contributed by atoms with E-state index in [0.29, 0.717) is 0 Å². The Morgan fingerprint density at radius 2 is 2.21 bits per heavy atom. The van der Waals surface area contributed by atoms with E-state index in [4.69, 9.17) is 5.11 Å². The lowest BCUT2D eigenvalue weighted by Gasteiger charge is -2.03. The van der Waals surface area contributed by atoms with E-state index >= 15 is 0 Å². The lowest BCUT2D eigenvalue weighted by molar-refractivity contribution is 0.300. The minimum atomic E-state index is 0.211. The SMILES string of the molecule is C=C1C(CCO)=C(C)C/C1=C/C=C\C. The maximum Gasteiger partial charge on any atom is 0.0471 e. The van der Waals surface area contributed by atoms with E-state index in [1.54, 1.807) is 0 Å². The monoisotopic (exact) mass is 190 g/mol. The van der Waals surface area contributed by atoms with Gasteiger partial charge in [-0.2, -0.15) is 0 Å². The maximum absolute atomic E-state index is 8.92. The molecule has 1 nitrogen and oxygen atoms in total. The molecule has 1 N–H and O–H groups in total. The van der Waals surface area contributed by atoms with E-state index < -0.39 is 0 Å². The third kappa shape index (κ3) is 2.24. The standard InChI is InChI=1S/C13H18O/c1-4-5-6-12-9-10(2)13(7-8-14)11(12)3/h4-6,14H,3,7-9H2,1-2H3/b5-4-,12-6-. The number of aliphatic hydroxyl groups excluding tert-OH is 1. The van der Waals surface area contributed by atoms with Crippen LogP contribution in [-0.4, -0.2) is 11.7 Å². The summed E-state index contributed by atoms with van der Waals surface area (Å²) in [6.07, 6.45) is 7.88. The quantitative estimate of drug-likeness (QED) is 0.724. The van der Waals surface area contributed by atoms with Gasteiger partial charge < -0.3 is 5.11 Å². The molecule has 0 atom stereocenters. The van der Waals surface area contributed by atoms with Crippen LogP contribution in [-0.2, 0) is 0 Å². The maximum atomic E-state index is 8.92. The summed E-state index contributed by atoms with van der Waals surface area (Å²) in [5.41, 5.74) is 4.97. The highest BCUT2D eigenvalue weighted by molar-refractivity contribution is 5.55. The van der Waals surface area contributed by atoms with Crippen molar-refractivity contribution < 1.29 is 5.11 Å². The van der Waals surface area contributed by atoms with Crippen molar-refractivity contribution in [3.05, 3.63) is 47.1 Å². The van der Waals surface area contributed by atoms with Gasteiger partial charge in [-0.1, -0.05) is 30.4 Å². The molecule has 0 amide bonds. The molecule has 14 heavy (non-hydrogen) atoms. The van der Waals surface area contributed by atoms with Gasteiger partial charge >= 0.3 is 0 Å². The first-order valence-electron chi connectivity index (χ1n) is 5.01. The summed E-state index contributed by atoms with van der Waals surface area (Å²) in [4.78, 5) is 0. The fraction of sp³-hybridized carbons (Fsp3) is 0.385. The average molecular weight is 190 g/mol. The first-order chi connectivity index (χ1) is 6.70. The largest absolute Gasteiger partial charge is 0.396 e. The highest BCUT2D eigenvalue weighted by Gasteiger charge is 2.18. The lowest BCUT2D eigenvalue weighted by Crippen LogP contribution is -1.89. The third-order valence-corrected chi connectivity index (χ3v) is 2.57. The number of rotatable bonds is 3. The summed E-state index contributed by atoms with van der Waals surface area (Å²) in [5.74, 6) is 0. The Balaban J connectivity index is 2.83. The van der Waals surface area contributed by atoms with Crippen LogP contribution >= 0.6 is 0 Å². The van der Waals surface area contributed by atoms with Gasteiger partial charge in [-0.05, 0) is 43.4 Å². The van der Waals surface area contributed by atoms with Crippen molar-refractivity contribution in [3.8, 4) is 0 Å². The van der Waals surface area contributed by atoms with Crippen LogP contribution in [0, 0.1) is 0 Å².